The molecule has 0 amide bonds. The molecule has 9 heteroatoms. The highest BCUT2D eigenvalue weighted by Crippen LogP contribution is 2.42. The zero-order chi connectivity index (χ0) is 14.6. The van der Waals surface area contributed by atoms with Crippen molar-refractivity contribution in [1.29, 1.82) is 5.26 Å². The summed E-state index contributed by atoms with van der Waals surface area (Å²) in [4.78, 5) is 3.83. The van der Waals surface area contributed by atoms with Gasteiger partial charge in [0, 0.05) is 8.95 Å². The molecule has 1 N–H and O–H groups in total. The lowest BCUT2D eigenvalue weighted by Gasteiger charge is -2.13. The van der Waals surface area contributed by atoms with Gasteiger partial charge in [-0.3, -0.25) is 5.32 Å². The number of aliphatic imine (C=N–C) groups is 1. The van der Waals surface area contributed by atoms with E-state index in [4.69, 9.17) is 5.26 Å². The first-order valence-corrected chi connectivity index (χ1v) is 7.44. The Bertz CT molecular complexity index is 552. The van der Waals surface area contributed by atoms with Crippen LogP contribution in [0.15, 0.2) is 26.1 Å². The van der Waals surface area contributed by atoms with Crippen LogP contribution in [-0.4, -0.2) is 11.4 Å². The predicted molar refractivity (Wildman–Crippen MR) is 76.2 cm³/mol. The average Bonchev–Trinajstić information content (AvgIpc) is 2.29. The first-order valence-electron chi connectivity index (χ1n) is 4.63. The van der Waals surface area contributed by atoms with E-state index in [9.17, 15) is 13.2 Å². The van der Waals surface area contributed by atoms with Crippen LogP contribution in [0.3, 0.4) is 0 Å². The summed E-state index contributed by atoms with van der Waals surface area (Å²) in [5.41, 5.74) is -1.16. The molecule has 0 fully saturated rings. The lowest BCUT2D eigenvalue weighted by atomic mass is 10.2. The number of alkyl halides is 3. The largest absolute Gasteiger partial charge is 0.418 e. The van der Waals surface area contributed by atoms with Gasteiger partial charge in [-0.05, 0) is 34.3 Å². The Balaban J connectivity index is 3.46. The third kappa shape index (κ3) is 4.40. The minimum atomic E-state index is -4.54. The van der Waals surface area contributed by atoms with Gasteiger partial charge in [-0.2, -0.15) is 18.4 Å². The maximum Gasteiger partial charge on any atom is 0.418 e. The molecule has 0 aliphatic carbocycles. The third-order valence-electron chi connectivity index (χ3n) is 1.90. The van der Waals surface area contributed by atoms with Gasteiger partial charge in [0.25, 0.3) is 0 Å². The fraction of sp³-hybridized carbons (Fsp3) is 0.200. The van der Waals surface area contributed by atoms with Crippen LogP contribution in [0.25, 0.3) is 0 Å². The number of nitrogens with zero attached hydrogens (tertiary/aromatic N) is 2. The summed E-state index contributed by atoms with van der Waals surface area (Å²) in [6, 6.07) is 2.40. The summed E-state index contributed by atoms with van der Waals surface area (Å²) < 4.78 is 39.3. The summed E-state index contributed by atoms with van der Waals surface area (Å²) in [6.07, 6.45) is -1.32. The molecule has 3 nitrogen and oxygen atoms in total. The Morgan fingerprint density at radius 2 is 2.05 bits per heavy atom. The van der Waals surface area contributed by atoms with Gasteiger partial charge >= 0.3 is 6.18 Å². The summed E-state index contributed by atoms with van der Waals surface area (Å²) in [7, 11) is 0. The van der Waals surface area contributed by atoms with E-state index in [1.165, 1.54) is 6.07 Å². The Morgan fingerprint density at radius 3 is 2.53 bits per heavy atom. The first kappa shape index (κ1) is 16.3. The van der Waals surface area contributed by atoms with Gasteiger partial charge in [0.2, 0.25) is 0 Å². The van der Waals surface area contributed by atoms with Crippen molar-refractivity contribution in [2.75, 3.05) is 6.26 Å². The van der Waals surface area contributed by atoms with Crippen LogP contribution in [0.1, 0.15) is 5.56 Å². The van der Waals surface area contributed by atoms with Gasteiger partial charge < -0.3 is 0 Å². The third-order valence-corrected chi connectivity index (χ3v) is 3.55. The SMILES string of the molecule is CSC(=Nc1c(Br)cc(Br)cc1C(F)(F)F)NC#N. The van der Waals surface area contributed by atoms with Gasteiger partial charge in [0.1, 0.15) is 0 Å². The number of thioether (sulfide) groups is 1. The maximum atomic E-state index is 12.9. The monoisotopic (exact) mass is 415 g/mol. The molecular formula is C10H6Br2F3N3S. The minimum absolute atomic E-state index is 0.0797. The van der Waals surface area contributed by atoms with Crippen LogP contribution in [-0.2, 0) is 6.18 Å². The molecule has 0 atom stereocenters. The van der Waals surface area contributed by atoms with Crippen molar-refractivity contribution in [3.05, 3.63) is 26.6 Å². The molecule has 0 bridgehead atoms. The molecule has 0 heterocycles. The second-order valence-corrected chi connectivity index (χ2v) is 5.70. The number of halogens is 5. The molecule has 1 rings (SSSR count). The van der Waals surface area contributed by atoms with E-state index >= 15 is 0 Å². The summed E-state index contributed by atoms with van der Waals surface area (Å²) in [6.45, 7) is 0. The standard InChI is InChI=1S/C10H6Br2F3N3S/c1-19-9(17-4-16)18-8-6(10(13,14)15)2-5(11)3-7(8)12/h2-3H,1H3,(H,17,18). The van der Waals surface area contributed by atoms with E-state index < -0.39 is 11.7 Å². The smallest absolute Gasteiger partial charge is 0.271 e. The molecule has 0 aliphatic rings. The van der Waals surface area contributed by atoms with Crippen molar-refractivity contribution < 1.29 is 13.2 Å². The summed E-state index contributed by atoms with van der Waals surface area (Å²) >= 11 is 7.08. The predicted octanol–water partition coefficient (Wildman–Crippen LogP) is 4.65. The molecule has 1 aromatic carbocycles. The molecule has 0 spiro atoms. The fourth-order valence-corrected chi connectivity index (χ4v) is 2.81. The van der Waals surface area contributed by atoms with Crippen LogP contribution in [0.5, 0.6) is 0 Å². The van der Waals surface area contributed by atoms with Crippen molar-refractivity contribution >= 4 is 54.5 Å². The lowest BCUT2D eigenvalue weighted by molar-refractivity contribution is -0.137. The summed E-state index contributed by atoms with van der Waals surface area (Å²) in [5, 5.41) is 10.8. The molecule has 0 unspecified atom stereocenters. The van der Waals surface area contributed by atoms with Crippen molar-refractivity contribution in [3.63, 3.8) is 0 Å². The topological polar surface area (TPSA) is 48.2 Å². The Labute approximate surface area is 128 Å². The molecule has 0 aromatic heterocycles. The van der Waals surface area contributed by atoms with Crippen molar-refractivity contribution in [2.45, 2.75) is 6.18 Å². The van der Waals surface area contributed by atoms with Crippen LogP contribution >= 0.6 is 43.6 Å². The zero-order valence-corrected chi connectivity index (χ0v) is 13.3. The van der Waals surface area contributed by atoms with Gasteiger partial charge in [-0.15, -0.1) is 0 Å². The number of nitriles is 1. The van der Waals surface area contributed by atoms with Crippen LogP contribution in [0.4, 0.5) is 18.9 Å². The second-order valence-electron chi connectivity index (χ2n) is 3.14. The minimum Gasteiger partial charge on any atom is -0.271 e. The van der Waals surface area contributed by atoms with Gasteiger partial charge in [-0.25, -0.2) is 4.99 Å². The highest BCUT2D eigenvalue weighted by molar-refractivity contribution is 9.11. The van der Waals surface area contributed by atoms with Crippen molar-refractivity contribution in [3.8, 4) is 6.19 Å². The Hall–Kier alpha value is -0.720. The number of nitrogens with one attached hydrogen (secondary N) is 1. The van der Waals surface area contributed by atoms with Gasteiger partial charge in [-0.1, -0.05) is 27.7 Å². The van der Waals surface area contributed by atoms with Crippen LogP contribution in [0, 0.1) is 11.5 Å². The zero-order valence-electron chi connectivity index (χ0n) is 9.35. The lowest BCUT2D eigenvalue weighted by Crippen LogP contribution is -2.13. The molecule has 19 heavy (non-hydrogen) atoms. The van der Waals surface area contributed by atoms with E-state index in [1.54, 1.807) is 12.4 Å². The number of rotatable bonds is 1. The summed E-state index contributed by atoms with van der Waals surface area (Å²) in [5.74, 6) is 0. The van der Waals surface area contributed by atoms with Gasteiger partial charge in [0.05, 0.1) is 11.3 Å². The van der Waals surface area contributed by atoms with Crippen LogP contribution in [0.2, 0.25) is 0 Å². The number of benzene rings is 1. The average molecular weight is 417 g/mol. The van der Waals surface area contributed by atoms with Crippen molar-refractivity contribution in [2.24, 2.45) is 4.99 Å². The van der Waals surface area contributed by atoms with Crippen molar-refractivity contribution in [1.82, 2.24) is 5.32 Å². The first-order chi connectivity index (χ1) is 8.79. The highest BCUT2D eigenvalue weighted by Gasteiger charge is 2.35. The number of hydrogen-bond donors (Lipinski definition) is 1. The molecular weight excluding hydrogens is 411 g/mol. The molecule has 0 saturated carbocycles. The van der Waals surface area contributed by atoms with E-state index in [-0.39, 0.29) is 19.8 Å². The normalized spacial score (nSPS) is 12.2. The van der Waals surface area contributed by atoms with E-state index in [1.807, 2.05) is 0 Å². The van der Waals surface area contributed by atoms with E-state index in [0.29, 0.717) is 0 Å². The van der Waals surface area contributed by atoms with E-state index in [0.717, 1.165) is 17.8 Å². The molecule has 102 valence electrons. The fourth-order valence-electron chi connectivity index (χ4n) is 1.17. The maximum absolute atomic E-state index is 12.9. The number of hydrogen-bond acceptors (Lipinski definition) is 3. The molecule has 0 radical (unpaired) electrons. The quantitative estimate of drug-likeness (QED) is 0.313. The van der Waals surface area contributed by atoms with Gasteiger partial charge in [0.15, 0.2) is 11.4 Å². The molecule has 0 aliphatic heterocycles. The Morgan fingerprint density at radius 1 is 1.42 bits per heavy atom. The molecule has 0 saturated heterocycles. The Kier molecular flexibility index (Phi) is 5.70. The second kappa shape index (κ2) is 6.63. The molecule has 1 aromatic rings. The van der Waals surface area contributed by atoms with E-state index in [2.05, 4.69) is 42.2 Å². The highest BCUT2D eigenvalue weighted by atomic mass is 79.9. The van der Waals surface area contributed by atoms with Crippen LogP contribution < -0.4 is 5.32 Å². The number of amidine groups is 1.